The van der Waals surface area contributed by atoms with Crippen LogP contribution in [0.1, 0.15) is 11.7 Å². The third-order valence-corrected chi connectivity index (χ3v) is 1.66. The Morgan fingerprint density at radius 2 is 1.50 bits per heavy atom. The van der Waals surface area contributed by atoms with Crippen molar-refractivity contribution < 1.29 is 13.2 Å². The summed E-state index contributed by atoms with van der Waals surface area (Å²) in [6.45, 7) is 0. The average molecular weight is 195 g/mol. The van der Waals surface area contributed by atoms with E-state index in [1.54, 1.807) is 0 Å². The maximum Gasteiger partial charge on any atom is 0.273 e. The molecule has 0 bridgehead atoms. The van der Waals surface area contributed by atoms with E-state index in [0.29, 0.717) is 5.02 Å². The number of hydrogen-bond acceptors (Lipinski definition) is 0. The normalized spacial score (nSPS) is 13.4. The van der Waals surface area contributed by atoms with Gasteiger partial charge in [0.05, 0.1) is 0 Å². The van der Waals surface area contributed by atoms with Crippen LogP contribution in [0, 0.1) is 0 Å². The lowest BCUT2D eigenvalue weighted by molar-refractivity contribution is 0.0496. The van der Waals surface area contributed by atoms with Crippen LogP contribution in [0.2, 0.25) is 5.02 Å². The highest BCUT2D eigenvalue weighted by molar-refractivity contribution is 6.30. The molecule has 1 atom stereocenters. The molecule has 0 aliphatic heterocycles. The lowest BCUT2D eigenvalue weighted by Gasteiger charge is -2.06. The summed E-state index contributed by atoms with van der Waals surface area (Å²) in [6, 6.07) is 5.26. The molecule has 0 N–H and O–H groups in total. The molecule has 0 aliphatic rings. The SMILES string of the molecule is FC(F)[C@H](F)c1ccc(Cl)cc1. The molecule has 4 heteroatoms. The van der Waals surface area contributed by atoms with Gasteiger partial charge in [-0.15, -0.1) is 0 Å². The number of hydrogen-bond donors (Lipinski definition) is 0. The first-order valence-corrected chi connectivity index (χ1v) is 3.66. The molecule has 1 aromatic rings. The van der Waals surface area contributed by atoms with E-state index < -0.39 is 12.6 Å². The summed E-state index contributed by atoms with van der Waals surface area (Å²) >= 11 is 5.49. The van der Waals surface area contributed by atoms with Gasteiger partial charge in [-0.3, -0.25) is 0 Å². The minimum absolute atomic E-state index is 0.0469. The molecule has 0 heterocycles. The molecule has 0 saturated heterocycles. The van der Waals surface area contributed by atoms with Crippen LogP contribution in [0.3, 0.4) is 0 Å². The van der Waals surface area contributed by atoms with E-state index in [1.165, 1.54) is 24.3 Å². The Labute approximate surface area is 73.0 Å². The molecule has 0 saturated carbocycles. The summed E-state index contributed by atoms with van der Waals surface area (Å²) in [5.74, 6) is 0. The van der Waals surface area contributed by atoms with Crippen molar-refractivity contribution in [3.63, 3.8) is 0 Å². The maximum absolute atomic E-state index is 12.6. The molecule has 1 rings (SSSR count). The lowest BCUT2D eigenvalue weighted by atomic mass is 10.1. The second kappa shape index (κ2) is 3.81. The van der Waals surface area contributed by atoms with Gasteiger partial charge in [-0.2, -0.15) is 0 Å². The first-order chi connectivity index (χ1) is 5.61. The van der Waals surface area contributed by atoms with Crippen molar-refractivity contribution in [3.8, 4) is 0 Å². The minimum atomic E-state index is -2.98. The predicted molar refractivity (Wildman–Crippen MR) is 41.3 cm³/mol. The Hall–Kier alpha value is -0.700. The van der Waals surface area contributed by atoms with E-state index in [2.05, 4.69) is 0 Å². The summed E-state index contributed by atoms with van der Waals surface area (Å²) in [5.41, 5.74) is -0.0469. The first-order valence-electron chi connectivity index (χ1n) is 3.29. The molecule has 0 spiro atoms. The van der Waals surface area contributed by atoms with Crippen LogP contribution < -0.4 is 0 Å². The molecule has 0 fully saturated rings. The van der Waals surface area contributed by atoms with Crippen LogP contribution in [-0.4, -0.2) is 6.43 Å². The van der Waals surface area contributed by atoms with E-state index in [1.807, 2.05) is 0 Å². The smallest absolute Gasteiger partial charge is 0.236 e. The van der Waals surface area contributed by atoms with Gasteiger partial charge in [0.25, 0.3) is 6.43 Å². The topological polar surface area (TPSA) is 0 Å². The molecule has 0 aliphatic carbocycles. The quantitative estimate of drug-likeness (QED) is 0.675. The maximum atomic E-state index is 12.6. The van der Waals surface area contributed by atoms with Crippen molar-refractivity contribution in [1.29, 1.82) is 0 Å². The first kappa shape index (κ1) is 9.39. The number of benzene rings is 1. The average Bonchev–Trinajstić information content (AvgIpc) is 2.04. The number of rotatable bonds is 2. The van der Waals surface area contributed by atoms with Crippen LogP contribution in [0.4, 0.5) is 13.2 Å². The van der Waals surface area contributed by atoms with Gasteiger partial charge in [0, 0.05) is 5.02 Å². The standard InChI is InChI=1S/C8H6ClF3/c9-6-3-1-5(2-4-6)7(10)8(11)12/h1-4,7-8H/t7-/m1/s1. The fourth-order valence-electron chi connectivity index (χ4n) is 0.792. The zero-order valence-corrected chi connectivity index (χ0v) is 6.73. The largest absolute Gasteiger partial charge is 0.273 e. The molecule has 0 aromatic heterocycles. The van der Waals surface area contributed by atoms with Crippen LogP contribution in [0.25, 0.3) is 0 Å². The Bertz CT molecular complexity index is 245. The summed E-state index contributed by atoms with van der Waals surface area (Å²) in [5, 5.41) is 0.403. The molecule has 0 unspecified atom stereocenters. The monoisotopic (exact) mass is 194 g/mol. The second-order valence-electron chi connectivity index (χ2n) is 2.29. The van der Waals surface area contributed by atoms with Gasteiger partial charge >= 0.3 is 0 Å². The van der Waals surface area contributed by atoms with E-state index in [-0.39, 0.29) is 5.56 Å². The van der Waals surface area contributed by atoms with Crippen molar-refractivity contribution >= 4 is 11.6 Å². The van der Waals surface area contributed by atoms with Gasteiger partial charge in [-0.25, -0.2) is 13.2 Å². The lowest BCUT2D eigenvalue weighted by Crippen LogP contribution is -2.02. The van der Waals surface area contributed by atoms with Crippen molar-refractivity contribution in [1.82, 2.24) is 0 Å². The zero-order chi connectivity index (χ0) is 9.14. The zero-order valence-electron chi connectivity index (χ0n) is 5.98. The van der Waals surface area contributed by atoms with Gasteiger partial charge in [0.2, 0.25) is 0 Å². The summed E-state index contributed by atoms with van der Waals surface area (Å²) < 4.78 is 36.2. The number of halogens is 4. The van der Waals surface area contributed by atoms with Crippen LogP contribution in [0.15, 0.2) is 24.3 Å². The molecule has 12 heavy (non-hydrogen) atoms. The molecule has 0 radical (unpaired) electrons. The fourth-order valence-corrected chi connectivity index (χ4v) is 0.918. The molecular formula is C8H6ClF3. The van der Waals surface area contributed by atoms with Gasteiger partial charge in [-0.1, -0.05) is 23.7 Å². The van der Waals surface area contributed by atoms with Crippen molar-refractivity contribution in [2.24, 2.45) is 0 Å². The Morgan fingerprint density at radius 1 is 1.00 bits per heavy atom. The van der Waals surface area contributed by atoms with Crippen molar-refractivity contribution in [3.05, 3.63) is 34.9 Å². The minimum Gasteiger partial charge on any atom is -0.236 e. The van der Waals surface area contributed by atoms with E-state index >= 15 is 0 Å². The van der Waals surface area contributed by atoms with Crippen LogP contribution in [0.5, 0.6) is 0 Å². The summed E-state index contributed by atoms with van der Waals surface area (Å²) in [4.78, 5) is 0. The highest BCUT2D eigenvalue weighted by atomic mass is 35.5. The van der Waals surface area contributed by atoms with Crippen LogP contribution in [-0.2, 0) is 0 Å². The highest BCUT2D eigenvalue weighted by Gasteiger charge is 2.20. The molecule has 1 aromatic carbocycles. The third-order valence-electron chi connectivity index (χ3n) is 1.41. The number of alkyl halides is 3. The van der Waals surface area contributed by atoms with Gasteiger partial charge in [0.15, 0.2) is 6.17 Å². The molecule has 0 nitrogen and oxygen atoms in total. The Kier molecular flexibility index (Phi) is 2.98. The van der Waals surface area contributed by atoms with Gasteiger partial charge in [-0.05, 0) is 17.7 Å². The van der Waals surface area contributed by atoms with Gasteiger partial charge < -0.3 is 0 Å². The van der Waals surface area contributed by atoms with E-state index in [4.69, 9.17) is 11.6 Å². The second-order valence-corrected chi connectivity index (χ2v) is 2.72. The highest BCUT2D eigenvalue weighted by Crippen LogP contribution is 2.25. The molecule has 66 valence electrons. The van der Waals surface area contributed by atoms with Gasteiger partial charge in [0.1, 0.15) is 0 Å². The fraction of sp³-hybridized carbons (Fsp3) is 0.250. The van der Waals surface area contributed by atoms with E-state index in [9.17, 15) is 13.2 Å². The molecular weight excluding hydrogens is 189 g/mol. The van der Waals surface area contributed by atoms with Crippen LogP contribution >= 0.6 is 11.6 Å². The van der Waals surface area contributed by atoms with Crippen molar-refractivity contribution in [2.45, 2.75) is 12.6 Å². The molecule has 0 amide bonds. The predicted octanol–water partition coefficient (Wildman–Crippen LogP) is 3.62. The Balaban J connectivity index is 2.82. The van der Waals surface area contributed by atoms with Crippen molar-refractivity contribution in [2.75, 3.05) is 0 Å². The third kappa shape index (κ3) is 2.14. The Morgan fingerprint density at radius 3 is 1.92 bits per heavy atom. The van der Waals surface area contributed by atoms with E-state index in [0.717, 1.165) is 0 Å². The summed E-state index contributed by atoms with van der Waals surface area (Å²) in [6.07, 6.45) is -5.20. The summed E-state index contributed by atoms with van der Waals surface area (Å²) in [7, 11) is 0.